The second kappa shape index (κ2) is 24.3. The van der Waals surface area contributed by atoms with Crippen LogP contribution in [-0.2, 0) is 48.0 Å². The van der Waals surface area contributed by atoms with Gasteiger partial charge >= 0.3 is 12.3 Å². The Kier molecular flexibility index (Phi) is 20.3. The number of aliphatic hydroxyl groups excluding tert-OH is 2. The van der Waals surface area contributed by atoms with Crippen molar-refractivity contribution in [2.75, 3.05) is 25.0 Å². The Balaban J connectivity index is 0.000000205. The molecule has 58 heavy (non-hydrogen) atoms. The Bertz CT molecular complexity index is 1370. The van der Waals surface area contributed by atoms with Gasteiger partial charge < -0.3 is 19.8 Å². The number of nitrogens with zero attached hydrogens (tertiary/aromatic N) is 4. The molecule has 0 aromatic heterocycles. The Labute approximate surface area is 347 Å². The molecule has 0 spiro atoms. The molecule has 0 aromatic carbocycles. The minimum atomic E-state index is -1.48. The van der Waals surface area contributed by atoms with Gasteiger partial charge in [-0.2, -0.15) is 4.79 Å². The van der Waals surface area contributed by atoms with Crippen LogP contribution in [0, 0.1) is 23.7 Å². The van der Waals surface area contributed by atoms with Crippen molar-refractivity contribution in [3.63, 3.8) is 0 Å². The van der Waals surface area contributed by atoms with Gasteiger partial charge in [-0.15, -0.1) is 23.2 Å². The predicted octanol–water partition coefficient (Wildman–Crippen LogP) is 4.51. The largest absolute Gasteiger partial charge is 0.560 e. The van der Waals surface area contributed by atoms with E-state index in [-0.39, 0.29) is 72.3 Å². The highest BCUT2D eigenvalue weighted by atomic mass is 35.5. The number of halogens is 2. The summed E-state index contributed by atoms with van der Waals surface area (Å²) in [5.74, 6) is -0.433. The Morgan fingerprint density at radius 2 is 0.879 bits per heavy atom. The number of hydrogen-bond acceptors (Lipinski definition) is 15. The van der Waals surface area contributed by atoms with Crippen molar-refractivity contribution in [1.82, 2.24) is 20.1 Å². The van der Waals surface area contributed by atoms with E-state index in [1.165, 1.54) is 32.5 Å². The molecule has 0 bridgehead atoms. The quantitative estimate of drug-likeness (QED) is 0.155. The summed E-state index contributed by atoms with van der Waals surface area (Å²) in [6, 6.07) is 0. The number of carbonyl (C=O) groups excluding carboxylic acids is 8. The van der Waals surface area contributed by atoms with Gasteiger partial charge in [-0.3, -0.25) is 43.3 Å². The summed E-state index contributed by atoms with van der Waals surface area (Å²) >= 11 is 9.53. The number of rotatable bonds is 7. The molecule has 6 amide bonds. The molecular formula is C38H56Cl2N4O14. The third-order valence-corrected chi connectivity index (χ3v) is 10.5. The summed E-state index contributed by atoms with van der Waals surface area (Å²) in [6.45, 7) is 10.1. The Morgan fingerprint density at radius 1 is 0.569 bits per heavy atom. The first kappa shape index (κ1) is 48.5. The SMILES string of the molecule is CCN(CC)CC.ClCCl.O=C(OC1C[C@@H]2C[C@@H]2C1)ON1C(=O)CCC1=O.O=C(ON1C(=O)CCC1=O)ON1C(=O)CCC1=O.OC1CC=CC1.OC1C[C@@H]2C[C@@H]2C1. The van der Waals surface area contributed by atoms with Gasteiger partial charge in [0.2, 0.25) is 0 Å². The van der Waals surface area contributed by atoms with Crippen LogP contribution in [0.3, 0.4) is 0 Å². The number of alkyl halides is 2. The summed E-state index contributed by atoms with van der Waals surface area (Å²) in [4.78, 5) is 105. The van der Waals surface area contributed by atoms with Crippen molar-refractivity contribution in [3.8, 4) is 0 Å². The lowest BCUT2D eigenvalue weighted by Gasteiger charge is -2.16. The van der Waals surface area contributed by atoms with E-state index in [4.69, 9.17) is 38.2 Å². The molecule has 3 saturated heterocycles. The van der Waals surface area contributed by atoms with Gasteiger partial charge in [0.25, 0.3) is 35.4 Å². The maximum Gasteiger partial charge on any atom is 0.560 e. The number of aliphatic hydroxyl groups is 2. The van der Waals surface area contributed by atoms with E-state index < -0.39 is 47.8 Å². The Morgan fingerprint density at radius 3 is 1.12 bits per heavy atom. The van der Waals surface area contributed by atoms with Crippen molar-refractivity contribution in [3.05, 3.63) is 12.2 Å². The van der Waals surface area contributed by atoms with Crippen LogP contribution in [0.2, 0.25) is 0 Å². The topological polar surface area (TPSA) is 227 Å². The van der Waals surface area contributed by atoms with Crippen LogP contribution in [0.1, 0.15) is 111 Å². The molecule has 5 aliphatic carbocycles. The molecule has 6 atom stereocenters. The number of hydroxylamine groups is 6. The zero-order chi connectivity index (χ0) is 42.9. The first-order chi connectivity index (χ1) is 27.6. The summed E-state index contributed by atoms with van der Waals surface area (Å²) in [5.41, 5.74) is 0. The molecule has 8 aliphatic rings. The number of imide groups is 3. The van der Waals surface area contributed by atoms with Crippen molar-refractivity contribution >= 4 is 71.0 Å². The third-order valence-electron chi connectivity index (χ3n) is 10.5. The number of fused-ring (bicyclic) bond motifs is 2. The fraction of sp³-hybridized carbons (Fsp3) is 0.737. The van der Waals surface area contributed by atoms with Gasteiger partial charge in [-0.25, -0.2) is 4.79 Å². The average Bonchev–Trinajstić information content (AvgIpc) is 3.55. The second-order valence-electron chi connectivity index (χ2n) is 14.7. The zero-order valence-electron chi connectivity index (χ0n) is 33.3. The lowest BCUT2D eigenvalue weighted by Crippen LogP contribution is -2.37. The van der Waals surface area contributed by atoms with E-state index in [9.17, 15) is 38.4 Å². The molecule has 0 radical (unpaired) electrons. The van der Waals surface area contributed by atoms with Gasteiger partial charge in [0, 0.05) is 38.5 Å². The predicted molar refractivity (Wildman–Crippen MR) is 204 cm³/mol. The minimum absolute atomic E-state index is 0.0618. The summed E-state index contributed by atoms with van der Waals surface area (Å²) < 4.78 is 5.06. The first-order valence-corrected chi connectivity index (χ1v) is 20.9. The van der Waals surface area contributed by atoms with E-state index in [0.717, 1.165) is 50.4 Å². The van der Waals surface area contributed by atoms with Crippen molar-refractivity contribution in [1.29, 1.82) is 0 Å². The highest BCUT2D eigenvalue weighted by Crippen LogP contribution is 2.53. The maximum absolute atomic E-state index is 11.4. The van der Waals surface area contributed by atoms with Crippen molar-refractivity contribution < 1.29 is 67.8 Å². The smallest absolute Gasteiger partial charge is 0.429 e. The van der Waals surface area contributed by atoms with Crippen molar-refractivity contribution in [2.24, 2.45) is 23.7 Å². The first-order valence-electron chi connectivity index (χ1n) is 19.8. The van der Waals surface area contributed by atoms with Gasteiger partial charge in [0.1, 0.15) is 6.10 Å². The lowest BCUT2D eigenvalue weighted by molar-refractivity contribution is -0.198. The highest BCUT2D eigenvalue weighted by molar-refractivity contribution is 6.40. The maximum atomic E-state index is 11.4. The van der Waals surface area contributed by atoms with Gasteiger partial charge in [-0.1, -0.05) is 48.1 Å². The molecular weight excluding hydrogens is 807 g/mol. The zero-order valence-corrected chi connectivity index (χ0v) is 34.8. The summed E-state index contributed by atoms with van der Waals surface area (Å²) in [5, 5.41) is 18.8. The molecule has 8 rings (SSSR count). The number of amides is 6. The fourth-order valence-corrected chi connectivity index (χ4v) is 7.08. The molecule has 18 nitrogen and oxygen atoms in total. The van der Waals surface area contributed by atoms with Gasteiger partial charge in [0.15, 0.2) is 0 Å². The standard InChI is InChI=1S/C11H13NO5.C9H8N2O7.C6H15N.C6H10O.C5H8O.CH2Cl2/c13-9-1-2-10(14)12(9)17-11(15)16-8-4-6-3-7(6)5-8;12-5-1-2-6(13)10(5)17-9(16)18-11-7(14)3-4-8(11)15;1-4-7(5-2)6-3;7-6-2-4-1-5(4)3-6;6-5-3-1-2-4-5;2-1-3/h6-8H,1-5H2;1-4H2;4-6H2,1-3H3;4-7H,1-3H2;1-2,5-6H,3-4H2;1H2/t6-,7+,8?;;;4-,5+,6?;;. The van der Waals surface area contributed by atoms with E-state index in [2.05, 4.69) is 40.2 Å². The van der Waals surface area contributed by atoms with E-state index in [0.29, 0.717) is 16.9 Å². The molecule has 4 saturated carbocycles. The monoisotopic (exact) mass is 862 g/mol. The summed E-state index contributed by atoms with van der Waals surface area (Å²) in [6.07, 6.45) is 9.75. The van der Waals surface area contributed by atoms with Crippen LogP contribution in [0.4, 0.5) is 9.59 Å². The normalized spacial score (nSPS) is 27.1. The molecule has 3 aliphatic heterocycles. The van der Waals surface area contributed by atoms with Crippen LogP contribution in [-0.4, -0.2) is 121 Å². The fourth-order valence-electron chi connectivity index (χ4n) is 7.08. The van der Waals surface area contributed by atoms with Crippen LogP contribution in [0.5, 0.6) is 0 Å². The van der Waals surface area contributed by atoms with E-state index >= 15 is 0 Å². The molecule has 326 valence electrons. The summed E-state index contributed by atoms with van der Waals surface area (Å²) in [7, 11) is 0. The van der Waals surface area contributed by atoms with E-state index in [1.807, 2.05) is 12.2 Å². The van der Waals surface area contributed by atoms with Crippen LogP contribution < -0.4 is 0 Å². The van der Waals surface area contributed by atoms with E-state index in [1.54, 1.807) is 0 Å². The molecule has 3 heterocycles. The molecule has 0 aromatic rings. The van der Waals surface area contributed by atoms with Gasteiger partial charge in [0.05, 0.1) is 17.5 Å². The number of ether oxygens (including phenoxy) is 1. The lowest BCUT2D eigenvalue weighted by atomic mass is 10.2. The number of hydrogen-bond donors (Lipinski definition) is 2. The molecule has 20 heteroatoms. The van der Waals surface area contributed by atoms with Crippen LogP contribution in [0.25, 0.3) is 0 Å². The molecule has 2 N–H and O–H groups in total. The highest BCUT2D eigenvalue weighted by Gasteiger charge is 2.48. The molecule has 2 unspecified atom stereocenters. The van der Waals surface area contributed by atoms with Crippen molar-refractivity contribution in [2.45, 2.75) is 129 Å². The second-order valence-corrected chi connectivity index (χ2v) is 15.5. The number of carbonyl (C=O) groups is 8. The average molecular weight is 864 g/mol. The third kappa shape index (κ3) is 16.1. The van der Waals surface area contributed by atoms with Crippen LogP contribution in [0.15, 0.2) is 12.2 Å². The minimum Gasteiger partial charge on any atom is -0.429 e. The molecule has 7 fully saturated rings. The Hall–Kier alpha value is -3.84. The van der Waals surface area contributed by atoms with Crippen LogP contribution >= 0.6 is 23.2 Å². The van der Waals surface area contributed by atoms with Gasteiger partial charge in [-0.05, 0) is 94.7 Å².